The third-order valence-electron chi connectivity index (χ3n) is 2.51. The quantitative estimate of drug-likeness (QED) is 0.518. The Bertz CT molecular complexity index is 302. The van der Waals surface area contributed by atoms with Gasteiger partial charge in [0.2, 0.25) is 0 Å². The first kappa shape index (κ1) is 13.8. The zero-order valence-electron chi connectivity index (χ0n) is 9.59. The summed E-state index contributed by atoms with van der Waals surface area (Å²) >= 11 is 11.5. The van der Waals surface area contributed by atoms with Gasteiger partial charge in [0, 0.05) is 17.5 Å². The van der Waals surface area contributed by atoms with E-state index in [0.29, 0.717) is 12.5 Å². The van der Waals surface area contributed by atoms with Crippen LogP contribution in [0.1, 0.15) is 25.3 Å². The van der Waals surface area contributed by atoms with E-state index < -0.39 is 0 Å². The van der Waals surface area contributed by atoms with Crippen molar-refractivity contribution in [3.63, 3.8) is 0 Å². The molecule has 90 valence electrons. The fourth-order valence-corrected chi connectivity index (χ4v) is 2.02. The Morgan fingerprint density at radius 3 is 2.81 bits per heavy atom. The lowest BCUT2D eigenvalue weighted by Crippen LogP contribution is -2.02. The second-order valence-corrected chi connectivity index (χ2v) is 4.87. The van der Waals surface area contributed by atoms with E-state index in [1.54, 1.807) is 0 Å². The number of alkyl halides is 1. The molecule has 1 rings (SSSR count). The smallest absolute Gasteiger partial charge is 0.0717 e. The van der Waals surface area contributed by atoms with Crippen molar-refractivity contribution in [3.8, 4) is 0 Å². The fraction of sp³-hybridized carbons (Fsp3) is 0.538. The number of hydrogen-bond acceptors (Lipinski definition) is 1. The molecule has 0 radical (unpaired) electrons. The maximum absolute atomic E-state index is 5.88. The molecular formula is C13H18Cl2O. The lowest BCUT2D eigenvalue weighted by atomic mass is 10.1. The molecule has 0 aliphatic carbocycles. The molecule has 16 heavy (non-hydrogen) atoms. The summed E-state index contributed by atoms with van der Waals surface area (Å²) in [6, 6.07) is 7.77. The first-order valence-corrected chi connectivity index (χ1v) is 6.51. The van der Waals surface area contributed by atoms with Gasteiger partial charge in [0.05, 0.1) is 6.61 Å². The highest BCUT2D eigenvalue weighted by Gasteiger charge is 2.01. The Hall–Kier alpha value is -0.240. The Balaban J connectivity index is 2.16. The first-order chi connectivity index (χ1) is 7.72. The molecule has 0 saturated heterocycles. The zero-order valence-corrected chi connectivity index (χ0v) is 11.1. The van der Waals surface area contributed by atoms with E-state index in [4.69, 9.17) is 27.9 Å². The van der Waals surface area contributed by atoms with Crippen LogP contribution in [0, 0.1) is 5.92 Å². The monoisotopic (exact) mass is 260 g/mol. The maximum Gasteiger partial charge on any atom is 0.0717 e. The topological polar surface area (TPSA) is 9.23 Å². The Labute approximate surface area is 108 Å². The molecule has 0 N–H and O–H groups in total. The normalized spacial score (nSPS) is 12.7. The fourth-order valence-electron chi connectivity index (χ4n) is 1.43. The highest BCUT2D eigenvalue weighted by molar-refractivity contribution is 6.30. The molecule has 0 heterocycles. The van der Waals surface area contributed by atoms with Crippen LogP contribution < -0.4 is 0 Å². The van der Waals surface area contributed by atoms with Crippen molar-refractivity contribution < 1.29 is 4.74 Å². The third kappa shape index (κ3) is 5.74. The van der Waals surface area contributed by atoms with E-state index in [2.05, 4.69) is 6.92 Å². The number of rotatable bonds is 7. The van der Waals surface area contributed by atoms with Gasteiger partial charge in [-0.3, -0.25) is 0 Å². The van der Waals surface area contributed by atoms with Gasteiger partial charge in [0.15, 0.2) is 0 Å². The lowest BCUT2D eigenvalue weighted by molar-refractivity contribution is 0.108. The summed E-state index contributed by atoms with van der Waals surface area (Å²) in [5.74, 6) is 1.37. The maximum atomic E-state index is 5.88. The molecule has 0 aliphatic rings. The average Bonchev–Trinajstić information content (AvgIpc) is 2.25. The molecule has 1 aromatic rings. The summed E-state index contributed by atoms with van der Waals surface area (Å²) in [5.41, 5.74) is 1.12. The van der Waals surface area contributed by atoms with Crippen molar-refractivity contribution in [2.24, 2.45) is 5.92 Å². The Kier molecular flexibility index (Phi) is 6.86. The summed E-state index contributed by atoms with van der Waals surface area (Å²) in [6.45, 7) is 3.61. The van der Waals surface area contributed by atoms with Crippen molar-refractivity contribution in [2.45, 2.75) is 26.4 Å². The van der Waals surface area contributed by atoms with Crippen LogP contribution in [-0.2, 0) is 11.3 Å². The molecule has 0 spiro atoms. The molecule has 1 nitrogen and oxygen atoms in total. The summed E-state index contributed by atoms with van der Waals surface area (Å²) in [7, 11) is 0. The van der Waals surface area contributed by atoms with Crippen LogP contribution >= 0.6 is 23.2 Å². The summed E-state index contributed by atoms with van der Waals surface area (Å²) in [6.07, 6.45) is 2.12. The summed E-state index contributed by atoms with van der Waals surface area (Å²) in [4.78, 5) is 0. The van der Waals surface area contributed by atoms with Crippen molar-refractivity contribution in [3.05, 3.63) is 34.9 Å². The summed E-state index contributed by atoms with van der Waals surface area (Å²) < 4.78 is 5.59. The molecule has 0 amide bonds. The average molecular weight is 261 g/mol. The van der Waals surface area contributed by atoms with Gasteiger partial charge in [-0.2, -0.15) is 0 Å². The van der Waals surface area contributed by atoms with Gasteiger partial charge < -0.3 is 4.74 Å². The zero-order chi connectivity index (χ0) is 11.8. The second kappa shape index (κ2) is 7.94. The third-order valence-corrected chi connectivity index (χ3v) is 2.97. The lowest BCUT2D eigenvalue weighted by Gasteiger charge is -2.09. The molecule has 0 fully saturated rings. The van der Waals surface area contributed by atoms with Crippen LogP contribution in [0.2, 0.25) is 5.02 Å². The van der Waals surface area contributed by atoms with Gasteiger partial charge in [0.25, 0.3) is 0 Å². The van der Waals surface area contributed by atoms with E-state index in [-0.39, 0.29) is 0 Å². The van der Waals surface area contributed by atoms with Gasteiger partial charge in [-0.25, -0.2) is 0 Å². The van der Waals surface area contributed by atoms with Crippen LogP contribution in [0.5, 0.6) is 0 Å². The number of halogens is 2. The highest BCUT2D eigenvalue weighted by atomic mass is 35.5. The first-order valence-electron chi connectivity index (χ1n) is 5.60. The Morgan fingerprint density at radius 2 is 2.12 bits per heavy atom. The minimum atomic E-state index is 0.633. The van der Waals surface area contributed by atoms with Crippen LogP contribution in [-0.4, -0.2) is 12.5 Å². The molecule has 1 aromatic carbocycles. The molecule has 1 atom stereocenters. The van der Waals surface area contributed by atoms with Crippen LogP contribution in [0.15, 0.2) is 24.3 Å². The van der Waals surface area contributed by atoms with Gasteiger partial charge in [-0.05, 0) is 36.5 Å². The Morgan fingerprint density at radius 1 is 1.31 bits per heavy atom. The van der Waals surface area contributed by atoms with Crippen molar-refractivity contribution in [2.75, 3.05) is 12.5 Å². The molecule has 0 saturated carbocycles. The van der Waals surface area contributed by atoms with Crippen LogP contribution in [0.3, 0.4) is 0 Å². The second-order valence-electron chi connectivity index (χ2n) is 4.05. The molecule has 0 aliphatic heterocycles. The van der Waals surface area contributed by atoms with Crippen LogP contribution in [0.4, 0.5) is 0 Å². The van der Waals surface area contributed by atoms with E-state index in [1.165, 1.54) is 0 Å². The number of hydrogen-bond donors (Lipinski definition) is 0. The standard InChI is InChI=1S/C13H18Cl2O/c1-11(5-7-14)6-8-16-10-12-3-2-4-13(15)9-12/h2-4,9,11H,5-8,10H2,1H3. The van der Waals surface area contributed by atoms with Gasteiger partial charge in [-0.15, -0.1) is 11.6 Å². The van der Waals surface area contributed by atoms with Crippen molar-refractivity contribution in [1.29, 1.82) is 0 Å². The largest absolute Gasteiger partial charge is 0.377 e. The molecule has 0 aromatic heterocycles. The molecular weight excluding hydrogens is 243 g/mol. The van der Waals surface area contributed by atoms with E-state index in [9.17, 15) is 0 Å². The summed E-state index contributed by atoms with van der Waals surface area (Å²) in [5, 5.41) is 0.761. The van der Waals surface area contributed by atoms with E-state index in [0.717, 1.165) is 35.9 Å². The number of ether oxygens (including phenoxy) is 1. The van der Waals surface area contributed by atoms with E-state index >= 15 is 0 Å². The van der Waals surface area contributed by atoms with Crippen molar-refractivity contribution in [1.82, 2.24) is 0 Å². The molecule has 0 bridgehead atoms. The predicted molar refractivity (Wildman–Crippen MR) is 70.2 cm³/mol. The van der Waals surface area contributed by atoms with Gasteiger partial charge in [0.1, 0.15) is 0 Å². The van der Waals surface area contributed by atoms with Gasteiger partial charge >= 0.3 is 0 Å². The number of benzene rings is 1. The highest BCUT2D eigenvalue weighted by Crippen LogP contribution is 2.12. The molecule has 1 unspecified atom stereocenters. The van der Waals surface area contributed by atoms with Gasteiger partial charge in [-0.1, -0.05) is 30.7 Å². The predicted octanol–water partition coefficient (Wildman–Crippen LogP) is 4.51. The SMILES string of the molecule is CC(CCCl)CCOCc1cccc(Cl)c1. The minimum absolute atomic E-state index is 0.633. The van der Waals surface area contributed by atoms with Crippen LogP contribution in [0.25, 0.3) is 0 Å². The van der Waals surface area contributed by atoms with Crippen molar-refractivity contribution >= 4 is 23.2 Å². The minimum Gasteiger partial charge on any atom is -0.377 e. The van der Waals surface area contributed by atoms with E-state index in [1.807, 2.05) is 24.3 Å². The molecule has 3 heteroatoms.